The van der Waals surface area contributed by atoms with Gasteiger partial charge in [-0.2, -0.15) is 11.8 Å². The minimum absolute atomic E-state index is 0.000937. The second-order valence-corrected chi connectivity index (χ2v) is 5.54. The third-order valence-electron chi connectivity index (χ3n) is 3.10. The summed E-state index contributed by atoms with van der Waals surface area (Å²) in [4.78, 5) is 26.2. The molecule has 19 heavy (non-hydrogen) atoms. The van der Waals surface area contributed by atoms with Gasteiger partial charge in [0.25, 0.3) is 0 Å². The van der Waals surface area contributed by atoms with Crippen molar-refractivity contribution in [3.8, 4) is 0 Å². The van der Waals surface area contributed by atoms with Gasteiger partial charge in [-0.1, -0.05) is 0 Å². The number of carbonyl (C=O) groups excluding carboxylic acids is 1. The molecule has 110 valence electrons. The Kier molecular flexibility index (Phi) is 7.66. The third kappa shape index (κ3) is 6.68. The second kappa shape index (κ2) is 9.03. The zero-order chi connectivity index (χ0) is 14.1. The maximum Gasteiger partial charge on any atom is 0.317 e. The fourth-order valence-corrected chi connectivity index (χ4v) is 2.38. The minimum atomic E-state index is -0.769. The van der Waals surface area contributed by atoms with Gasteiger partial charge in [0.2, 0.25) is 0 Å². The van der Waals surface area contributed by atoms with E-state index in [4.69, 9.17) is 5.11 Å². The van der Waals surface area contributed by atoms with Gasteiger partial charge in [0.05, 0.1) is 6.42 Å². The number of rotatable bonds is 7. The summed E-state index contributed by atoms with van der Waals surface area (Å²) in [6.45, 7) is 4.15. The molecule has 2 amide bonds. The van der Waals surface area contributed by atoms with Crippen molar-refractivity contribution in [3.05, 3.63) is 0 Å². The van der Waals surface area contributed by atoms with E-state index in [1.807, 2.05) is 0 Å². The van der Waals surface area contributed by atoms with Gasteiger partial charge in [-0.15, -0.1) is 0 Å². The zero-order valence-electron chi connectivity index (χ0n) is 11.4. The van der Waals surface area contributed by atoms with E-state index in [1.54, 1.807) is 16.7 Å². The lowest BCUT2D eigenvalue weighted by molar-refractivity contribution is -0.137. The smallest absolute Gasteiger partial charge is 0.317 e. The lowest BCUT2D eigenvalue weighted by atomic mass is 10.3. The number of aliphatic carboxylic acids is 1. The van der Waals surface area contributed by atoms with Crippen LogP contribution in [0.25, 0.3) is 0 Å². The van der Waals surface area contributed by atoms with Crippen molar-refractivity contribution in [3.63, 3.8) is 0 Å². The predicted molar refractivity (Wildman–Crippen MR) is 76.7 cm³/mol. The maximum atomic E-state index is 11.8. The first kappa shape index (κ1) is 16.1. The van der Waals surface area contributed by atoms with E-state index >= 15 is 0 Å². The summed E-state index contributed by atoms with van der Waals surface area (Å²) in [5.74, 6) is 0.289. The Labute approximate surface area is 118 Å². The van der Waals surface area contributed by atoms with Crippen molar-refractivity contribution < 1.29 is 14.7 Å². The van der Waals surface area contributed by atoms with Crippen molar-refractivity contribution in [2.45, 2.75) is 12.8 Å². The largest absolute Gasteiger partial charge is 0.481 e. The summed E-state index contributed by atoms with van der Waals surface area (Å²) in [7, 11) is 0. The molecule has 7 heteroatoms. The molecular formula is C12H23N3O3S. The number of carboxylic acid groups (broad SMARTS) is 1. The average Bonchev–Trinajstić information content (AvgIpc) is 2.41. The van der Waals surface area contributed by atoms with Crippen molar-refractivity contribution >= 4 is 23.8 Å². The maximum absolute atomic E-state index is 11.8. The Hall–Kier alpha value is -0.950. The van der Waals surface area contributed by atoms with Crippen LogP contribution in [0.2, 0.25) is 0 Å². The first-order valence-electron chi connectivity index (χ1n) is 6.59. The molecule has 1 rings (SSSR count). The molecule has 0 saturated carbocycles. The Morgan fingerprint density at radius 3 is 2.53 bits per heavy atom. The van der Waals surface area contributed by atoms with E-state index in [0.717, 1.165) is 31.8 Å². The van der Waals surface area contributed by atoms with Crippen molar-refractivity contribution in [1.82, 2.24) is 15.1 Å². The molecule has 0 atom stereocenters. The fourth-order valence-electron chi connectivity index (χ4n) is 1.95. The molecule has 0 aromatic rings. The molecule has 0 unspecified atom stereocenters. The van der Waals surface area contributed by atoms with Gasteiger partial charge in [-0.05, 0) is 18.4 Å². The lowest BCUT2D eigenvalue weighted by Gasteiger charge is -2.34. The Morgan fingerprint density at radius 2 is 1.95 bits per heavy atom. The molecule has 1 aliphatic rings. The molecule has 1 fully saturated rings. The van der Waals surface area contributed by atoms with Crippen LogP contribution in [0, 0.1) is 0 Å². The molecule has 1 saturated heterocycles. The molecule has 0 spiro atoms. The summed E-state index contributed by atoms with van der Waals surface area (Å²) in [5, 5.41) is 11.5. The Balaban J connectivity index is 2.14. The quantitative estimate of drug-likeness (QED) is 0.669. The summed E-state index contributed by atoms with van der Waals surface area (Å²) in [5.41, 5.74) is 0. The number of hydrogen-bond donors (Lipinski definition) is 2. The van der Waals surface area contributed by atoms with Gasteiger partial charge in [-0.25, -0.2) is 4.79 Å². The zero-order valence-corrected chi connectivity index (χ0v) is 12.2. The fraction of sp³-hybridized carbons (Fsp3) is 0.833. The van der Waals surface area contributed by atoms with Gasteiger partial charge < -0.3 is 15.3 Å². The monoisotopic (exact) mass is 289 g/mol. The molecule has 0 aromatic heterocycles. The van der Waals surface area contributed by atoms with Crippen LogP contribution in [-0.2, 0) is 4.79 Å². The summed E-state index contributed by atoms with van der Waals surface area (Å²) < 4.78 is 0. The van der Waals surface area contributed by atoms with Crippen LogP contribution >= 0.6 is 11.8 Å². The molecule has 0 bridgehead atoms. The second-order valence-electron chi connectivity index (χ2n) is 4.55. The molecule has 0 aliphatic carbocycles. The van der Waals surface area contributed by atoms with Crippen LogP contribution in [0.4, 0.5) is 4.79 Å². The van der Waals surface area contributed by atoms with Gasteiger partial charge >= 0.3 is 12.0 Å². The van der Waals surface area contributed by atoms with Gasteiger partial charge in [-0.3, -0.25) is 9.69 Å². The molecule has 2 N–H and O–H groups in total. The molecular weight excluding hydrogens is 266 g/mol. The number of carboxylic acids is 1. The van der Waals surface area contributed by atoms with E-state index in [2.05, 4.69) is 16.5 Å². The van der Waals surface area contributed by atoms with E-state index < -0.39 is 5.97 Å². The number of nitrogens with one attached hydrogen (secondary N) is 1. The van der Waals surface area contributed by atoms with Gasteiger partial charge in [0, 0.05) is 39.3 Å². The average molecular weight is 289 g/mol. The van der Waals surface area contributed by atoms with Crippen LogP contribution in [0.5, 0.6) is 0 Å². The Morgan fingerprint density at radius 1 is 1.26 bits per heavy atom. The number of amides is 2. The van der Waals surface area contributed by atoms with E-state index in [0.29, 0.717) is 19.6 Å². The summed E-state index contributed by atoms with van der Waals surface area (Å²) in [6, 6.07) is -0.000937. The van der Waals surface area contributed by atoms with E-state index in [-0.39, 0.29) is 12.5 Å². The topological polar surface area (TPSA) is 72.9 Å². The van der Waals surface area contributed by atoms with Crippen LogP contribution in [0.1, 0.15) is 12.8 Å². The number of urea groups is 1. The molecule has 1 aliphatic heterocycles. The molecule has 1 heterocycles. The molecule has 0 radical (unpaired) electrons. The standard InChI is InChI=1S/C12H23N3O3S/c1-19-10-2-4-13-12(18)15-8-6-14(7-9-15)5-3-11(16)17/h2-10H2,1H3,(H,13,18)(H,16,17). The number of carbonyl (C=O) groups is 2. The van der Waals surface area contributed by atoms with Crippen molar-refractivity contribution in [2.24, 2.45) is 0 Å². The highest BCUT2D eigenvalue weighted by atomic mass is 32.2. The number of piperazine rings is 1. The summed E-state index contributed by atoms with van der Waals surface area (Å²) in [6.07, 6.45) is 3.21. The molecule has 0 aromatic carbocycles. The van der Waals surface area contributed by atoms with Crippen molar-refractivity contribution in [2.75, 3.05) is 51.3 Å². The third-order valence-corrected chi connectivity index (χ3v) is 3.80. The Bertz CT molecular complexity index is 294. The van der Waals surface area contributed by atoms with E-state index in [1.165, 1.54) is 0 Å². The van der Waals surface area contributed by atoms with Crippen LogP contribution in [0.15, 0.2) is 0 Å². The number of thioether (sulfide) groups is 1. The highest BCUT2D eigenvalue weighted by Crippen LogP contribution is 2.03. The van der Waals surface area contributed by atoms with Gasteiger partial charge in [0.1, 0.15) is 0 Å². The SMILES string of the molecule is CSCCCNC(=O)N1CCN(CCC(=O)O)CC1. The normalized spacial score (nSPS) is 16.4. The van der Waals surface area contributed by atoms with Crippen LogP contribution in [0.3, 0.4) is 0 Å². The number of nitrogens with zero attached hydrogens (tertiary/aromatic N) is 2. The lowest BCUT2D eigenvalue weighted by Crippen LogP contribution is -2.52. The van der Waals surface area contributed by atoms with Gasteiger partial charge in [0.15, 0.2) is 0 Å². The number of hydrogen-bond acceptors (Lipinski definition) is 4. The van der Waals surface area contributed by atoms with Crippen LogP contribution < -0.4 is 5.32 Å². The first-order chi connectivity index (χ1) is 9.13. The highest BCUT2D eigenvalue weighted by Gasteiger charge is 2.20. The predicted octanol–water partition coefficient (Wildman–Crippen LogP) is 0.541. The first-order valence-corrected chi connectivity index (χ1v) is 7.98. The van der Waals surface area contributed by atoms with E-state index in [9.17, 15) is 9.59 Å². The molecule has 6 nitrogen and oxygen atoms in total. The highest BCUT2D eigenvalue weighted by molar-refractivity contribution is 7.98. The summed E-state index contributed by atoms with van der Waals surface area (Å²) >= 11 is 1.78. The van der Waals surface area contributed by atoms with Crippen LogP contribution in [-0.4, -0.2) is 78.2 Å². The van der Waals surface area contributed by atoms with Crippen molar-refractivity contribution in [1.29, 1.82) is 0 Å². The minimum Gasteiger partial charge on any atom is -0.481 e.